The summed E-state index contributed by atoms with van der Waals surface area (Å²) in [5.41, 5.74) is 0.518. The SMILES string of the molecule is CCC(CC)n1cncc1[C@@H](C)NC(=O)OC(C)(C)C. The summed E-state index contributed by atoms with van der Waals surface area (Å²) >= 11 is 0. The number of aromatic nitrogens is 2. The molecule has 0 saturated carbocycles. The van der Waals surface area contributed by atoms with Gasteiger partial charge in [-0.1, -0.05) is 13.8 Å². The number of imidazole rings is 1. The molecule has 0 unspecified atom stereocenters. The molecule has 1 aromatic heterocycles. The van der Waals surface area contributed by atoms with E-state index in [9.17, 15) is 4.79 Å². The van der Waals surface area contributed by atoms with Gasteiger partial charge in [-0.2, -0.15) is 0 Å². The van der Waals surface area contributed by atoms with Crippen molar-refractivity contribution in [2.75, 3.05) is 0 Å². The van der Waals surface area contributed by atoms with Crippen LogP contribution in [0.4, 0.5) is 4.79 Å². The van der Waals surface area contributed by atoms with Gasteiger partial charge in [-0.05, 0) is 40.5 Å². The number of carbonyl (C=O) groups is 1. The van der Waals surface area contributed by atoms with Crippen LogP contribution >= 0.6 is 0 Å². The summed E-state index contributed by atoms with van der Waals surface area (Å²) < 4.78 is 7.42. The molecule has 0 aromatic carbocycles. The van der Waals surface area contributed by atoms with E-state index < -0.39 is 11.7 Å². The van der Waals surface area contributed by atoms with Gasteiger partial charge in [0.05, 0.1) is 24.3 Å². The van der Waals surface area contributed by atoms with E-state index in [0.717, 1.165) is 18.5 Å². The van der Waals surface area contributed by atoms with Gasteiger partial charge in [0.1, 0.15) is 5.60 Å². The monoisotopic (exact) mass is 281 g/mol. The molecule has 1 heterocycles. The molecule has 20 heavy (non-hydrogen) atoms. The highest BCUT2D eigenvalue weighted by atomic mass is 16.6. The third-order valence-corrected chi connectivity index (χ3v) is 3.21. The highest BCUT2D eigenvalue weighted by Gasteiger charge is 2.21. The Balaban J connectivity index is 2.76. The van der Waals surface area contributed by atoms with E-state index in [0.29, 0.717) is 6.04 Å². The van der Waals surface area contributed by atoms with Crippen molar-refractivity contribution in [2.24, 2.45) is 0 Å². The highest BCUT2D eigenvalue weighted by molar-refractivity contribution is 5.68. The minimum atomic E-state index is -0.487. The van der Waals surface area contributed by atoms with E-state index in [1.54, 1.807) is 6.20 Å². The summed E-state index contributed by atoms with van der Waals surface area (Å²) in [6, 6.07) is 0.281. The quantitative estimate of drug-likeness (QED) is 0.892. The normalized spacial score (nSPS) is 13.3. The lowest BCUT2D eigenvalue weighted by Crippen LogP contribution is -2.34. The molecule has 1 atom stereocenters. The fourth-order valence-electron chi connectivity index (χ4n) is 2.20. The zero-order valence-corrected chi connectivity index (χ0v) is 13.4. The second-order valence-electron chi connectivity index (χ2n) is 6.06. The maximum atomic E-state index is 11.8. The van der Waals surface area contributed by atoms with Crippen molar-refractivity contribution in [1.29, 1.82) is 0 Å². The third kappa shape index (κ3) is 4.54. The Morgan fingerprint density at radius 1 is 1.40 bits per heavy atom. The molecule has 0 saturated heterocycles. The first-order valence-corrected chi connectivity index (χ1v) is 7.29. The topological polar surface area (TPSA) is 56.2 Å². The molecule has 0 fully saturated rings. The maximum absolute atomic E-state index is 11.8. The van der Waals surface area contributed by atoms with Crippen molar-refractivity contribution in [2.45, 2.75) is 72.1 Å². The average Bonchev–Trinajstić information content (AvgIpc) is 2.77. The van der Waals surface area contributed by atoms with E-state index in [1.165, 1.54) is 0 Å². The summed E-state index contributed by atoms with van der Waals surface area (Å²) in [5, 5.41) is 2.86. The first kappa shape index (κ1) is 16.5. The lowest BCUT2D eigenvalue weighted by molar-refractivity contribution is 0.0505. The molecule has 0 aliphatic heterocycles. The van der Waals surface area contributed by atoms with Gasteiger partial charge >= 0.3 is 6.09 Å². The van der Waals surface area contributed by atoms with Gasteiger partial charge in [-0.15, -0.1) is 0 Å². The van der Waals surface area contributed by atoms with E-state index in [1.807, 2.05) is 34.0 Å². The maximum Gasteiger partial charge on any atom is 0.408 e. The Labute approximate surface area is 121 Å². The van der Waals surface area contributed by atoms with E-state index in [2.05, 4.69) is 28.7 Å². The van der Waals surface area contributed by atoms with Gasteiger partial charge in [0, 0.05) is 6.04 Å². The molecule has 0 spiro atoms. The van der Waals surface area contributed by atoms with Crippen molar-refractivity contribution in [3.8, 4) is 0 Å². The van der Waals surface area contributed by atoms with Crippen LogP contribution in [0.25, 0.3) is 0 Å². The summed E-state index contributed by atoms with van der Waals surface area (Å²) in [4.78, 5) is 16.0. The van der Waals surface area contributed by atoms with Crippen molar-refractivity contribution < 1.29 is 9.53 Å². The molecule has 1 aromatic rings. The van der Waals surface area contributed by atoms with Crippen LogP contribution in [0.5, 0.6) is 0 Å². The fourth-order valence-corrected chi connectivity index (χ4v) is 2.20. The zero-order chi connectivity index (χ0) is 15.3. The molecule has 5 heteroatoms. The van der Waals surface area contributed by atoms with Crippen molar-refractivity contribution in [1.82, 2.24) is 14.9 Å². The summed E-state index contributed by atoms with van der Waals surface area (Å²) in [6.07, 6.45) is 5.32. The molecule has 0 aliphatic rings. The predicted molar refractivity (Wildman–Crippen MR) is 79.6 cm³/mol. The number of amides is 1. The number of carbonyl (C=O) groups excluding carboxylic acids is 1. The van der Waals surface area contributed by atoms with Gasteiger partial charge in [0.2, 0.25) is 0 Å². The number of hydrogen-bond donors (Lipinski definition) is 1. The van der Waals surface area contributed by atoms with Crippen LogP contribution in [0.1, 0.15) is 72.2 Å². The second-order valence-corrected chi connectivity index (χ2v) is 6.06. The first-order chi connectivity index (χ1) is 9.28. The largest absolute Gasteiger partial charge is 0.444 e. The minimum Gasteiger partial charge on any atom is -0.444 e. The van der Waals surface area contributed by atoms with Gasteiger partial charge in [-0.3, -0.25) is 0 Å². The third-order valence-electron chi connectivity index (χ3n) is 3.21. The lowest BCUT2D eigenvalue weighted by atomic mass is 10.1. The molecule has 1 amide bonds. The molecule has 0 radical (unpaired) electrons. The molecule has 0 bridgehead atoms. The molecule has 1 rings (SSSR count). The number of rotatable bonds is 5. The second kappa shape index (κ2) is 6.77. The fraction of sp³-hybridized carbons (Fsp3) is 0.733. The van der Waals surface area contributed by atoms with Crippen molar-refractivity contribution >= 4 is 6.09 Å². The highest BCUT2D eigenvalue weighted by Crippen LogP contribution is 2.22. The number of nitrogens with zero attached hydrogens (tertiary/aromatic N) is 2. The molecule has 114 valence electrons. The van der Waals surface area contributed by atoms with Crippen LogP contribution in [0.3, 0.4) is 0 Å². The van der Waals surface area contributed by atoms with Gasteiger partial charge in [-0.25, -0.2) is 9.78 Å². The zero-order valence-electron chi connectivity index (χ0n) is 13.4. The van der Waals surface area contributed by atoms with Gasteiger partial charge in [0.15, 0.2) is 0 Å². The molecular formula is C15H27N3O2. The number of nitrogens with one attached hydrogen (secondary N) is 1. The molecule has 1 N–H and O–H groups in total. The van der Waals surface area contributed by atoms with Crippen LogP contribution in [0.15, 0.2) is 12.5 Å². The Bertz CT molecular complexity index is 431. The van der Waals surface area contributed by atoms with E-state index in [-0.39, 0.29) is 6.04 Å². The van der Waals surface area contributed by atoms with Gasteiger partial charge in [0.25, 0.3) is 0 Å². The molecular weight excluding hydrogens is 254 g/mol. The van der Waals surface area contributed by atoms with Crippen LogP contribution in [0, 0.1) is 0 Å². The van der Waals surface area contributed by atoms with Crippen LogP contribution in [-0.2, 0) is 4.74 Å². The summed E-state index contributed by atoms with van der Waals surface area (Å²) in [7, 11) is 0. The van der Waals surface area contributed by atoms with Crippen LogP contribution in [-0.4, -0.2) is 21.2 Å². The first-order valence-electron chi connectivity index (χ1n) is 7.29. The van der Waals surface area contributed by atoms with Gasteiger partial charge < -0.3 is 14.6 Å². The summed E-state index contributed by atoms with van der Waals surface area (Å²) in [6.45, 7) is 11.8. The smallest absolute Gasteiger partial charge is 0.408 e. The van der Waals surface area contributed by atoms with Crippen molar-refractivity contribution in [3.05, 3.63) is 18.2 Å². The van der Waals surface area contributed by atoms with E-state index >= 15 is 0 Å². The van der Waals surface area contributed by atoms with Crippen molar-refractivity contribution in [3.63, 3.8) is 0 Å². The Hall–Kier alpha value is -1.52. The van der Waals surface area contributed by atoms with E-state index in [4.69, 9.17) is 4.74 Å². The minimum absolute atomic E-state index is 0.132. The van der Waals surface area contributed by atoms with Crippen LogP contribution < -0.4 is 5.32 Å². The van der Waals surface area contributed by atoms with Crippen LogP contribution in [0.2, 0.25) is 0 Å². The number of ether oxygens (including phenoxy) is 1. The molecule has 0 aliphatic carbocycles. The Morgan fingerprint density at radius 3 is 2.50 bits per heavy atom. The Kier molecular flexibility index (Phi) is 5.60. The average molecular weight is 281 g/mol. The number of alkyl carbamates (subject to hydrolysis) is 1. The predicted octanol–water partition coefficient (Wildman–Crippen LogP) is 3.83. The standard InChI is InChI=1S/C15H27N3O2/c1-7-12(8-2)18-10-16-9-13(18)11(3)17-14(19)20-15(4,5)6/h9-12H,7-8H2,1-6H3,(H,17,19)/t11-/m1/s1. The summed E-state index contributed by atoms with van der Waals surface area (Å²) in [5.74, 6) is 0. The molecule has 5 nitrogen and oxygen atoms in total. The number of hydrogen-bond acceptors (Lipinski definition) is 3. The lowest BCUT2D eigenvalue weighted by Gasteiger charge is -2.24. The Morgan fingerprint density at radius 2 is 2.00 bits per heavy atom.